The van der Waals surface area contributed by atoms with E-state index in [1.807, 2.05) is 6.92 Å². The van der Waals surface area contributed by atoms with Crippen molar-refractivity contribution in [3.8, 4) is 0 Å². The molecule has 0 rings (SSSR count). The molecule has 0 heterocycles. The second-order valence-electron chi connectivity index (χ2n) is 1.85. The quantitative estimate of drug-likeness (QED) is 0.464. The van der Waals surface area contributed by atoms with Crippen LogP contribution in [-0.4, -0.2) is 19.1 Å². The van der Waals surface area contributed by atoms with Crippen LogP contribution in [-0.2, 0) is 9.53 Å². The smallest absolute Gasteiger partial charge is 0.307 e. The van der Waals surface area contributed by atoms with Crippen LogP contribution in [0.3, 0.4) is 0 Å². The number of hydrogen-bond acceptors (Lipinski definition) is 3. The molecule has 2 atom stereocenters. The van der Waals surface area contributed by atoms with Crippen LogP contribution in [0.25, 0.3) is 0 Å². The molecule has 54 valence electrons. The first-order valence-electron chi connectivity index (χ1n) is 2.73. The van der Waals surface area contributed by atoms with Gasteiger partial charge in [-0.2, -0.15) is 0 Å². The average Bonchev–Trinajstić information content (AvgIpc) is 1.87. The van der Waals surface area contributed by atoms with E-state index < -0.39 is 0 Å². The monoisotopic (exact) mass is 149 g/mol. The zero-order chi connectivity index (χ0) is 7.28. The van der Waals surface area contributed by atoms with E-state index >= 15 is 0 Å². The van der Waals surface area contributed by atoms with E-state index in [9.17, 15) is 4.79 Å². The Bertz CT molecular complexity index is 97.0. The number of rotatable bonds is 3. The van der Waals surface area contributed by atoms with Gasteiger partial charge in [-0.25, -0.2) is 0 Å². The van der Waals surface area contributed by atoms with Crippen molar-refractivity contribution in [1.29, 1.82) is 0 Å². The van der Waals surface area contributed by atoms with Gasteiger partial charge in [0, 0.05) is 6.04 Å². The summed E-state index contributed by atoms with van der Waals surface area (Å²) in [7, 11) is 3.73. The molecule has 0 amide bonds. The zero-order valence-electron chi connectivity index (χ0n) is 5.68. The third kappa shape index (κ3) is 4.37. The van der Waals surface area contributed by atoms with Crippen LogP contribution in [0, 0.1) is 0 Å². The van der Waals surface area contributed by atoms with Gasteiger partial charge in [-0.1, -0.05) is 9.39 Å². The fourth-order valence-corrected chi connectivity index (χ4v) is 0.510. The lowest BCUT2D eigenvalue weighted by molar-refractivity contribution is -0.140. The summed E-state index contributed by atoms with van der Waals surface area (Å²) in [6.45, 7) is 1.91. The largest absolute Gasteiger partial charge is 0.469 e. The minimum Gasteiger partial charge on any atom is -0.469 e. The first-order chi connectivity index (χ1) is 4.20. The molecule has 0 aromatic rings. The minimum absolute atomic E-state index is 0.169. The fourth-order valence-electron chi connectivity index (χ4n) is 0.392. The van der Waals surface area contributed by atoms with Crippen molar-refractivity contribution in [2.24, 2.45) is 0 Å². The highest BCUT2D eigenvalue weighted by Crippen LogP contribution is 1.93. The van der Waals surface area contributed by atoms with Crippen molar-refractivity contribution < 1.29 is 9.53 Å². The number of carbonyl (C=O) groups is 1. The van der Waals surface area contributed by atoms with Gasteiger partial charge in [0.15, 0.2) is 0 Å². The molecule has 3 nitrogen and oxygen atoms in total. The number of ether oxygens (including phenoxy) is 1. The Morgan fingerprint density at radius 1 is 1.89 bits per heavy atom. The van der Waals surface area contributed by atoms with Crippen LogP contribution in [0.4, 0.5) is 0 Å². The summed E-state index contributed by atoms with van der Waals surface area (Å²) in [5, 5.41) is 2.85. The van der Waals surface area contributed by atoms with Gasteiger partial charge in [-0.3, -0.25) is 9.88 Å². The third-order valence-electron chi connectivity index (χ3n) is 0.985. The van der Waals surface area contributed by atoms with E-state index in [1.54, 1.807) is 0 Å². The average molecular weight is 149 g/mol. The molecule has 0 aromatic heterocycles. The van der Waals surface area contributed by atoms with Crippen molar-refractivity contribution in [1.82, 2.24) is 5.09 Å². The molecule has 4 heteroatoms. The Hall–Kier alpha value is -0.140. The lowest BCUT2D eigenvalue weighted by Gasteiger charge is -2.06. The van der Waals surface area contributed by atoms with Gasteiger partial charge in [-0.05, 0) is 6.92 Å². The van der Waals surface area contributed by atoms with Gasteiger partial charge >= 0.3 is 5.97 Å². The zero-order valence-corrected chi connectivity index (χ0v) is 6.83. The van der Waals surface area contributed by atoms with Crippen LogP contribution >= 0.6 is 9.39 Å². The molecule has 0 bridgehead atoms. The molecule has 0 aliphatic rings. The van der Waals surface area contributed by atoms with Crippen LogP contribution in [0.15, 0.2) is 0 Å². The molecule has 0 radical (unpaired) electrons. The second kappa shape index (κ2) is 4.71. The standard InChI is InChI=1S/C5H12NO2P/c1-4(6-9)3-5(7)8-2/h4,6H,3,9H2,1-2H3. The summed E-state index contributed by atoms with van der Waals surface area (Å²) < 4.78 is 4.43. The van der Waals surface area contributed by atoms with E-state index in [4.69, 9.17) is 0 Å². The summed E-state index contributed by atoms with van der Waals surface area (Å²) in [4.78, 5) is 10.5. The van der Waals surface area contributed by atoms with Gasteiger partial charge in [0.2, 0.25) is 0 Å². The molecule has 2 unspecified atom stereocenters. The van der Waals surface area contributed by atoms with Crippen molar-refractivity contribution in [2.45, 2.75) is 19.4 Å². The summed E-state index contributed by atoms with van der Waals surface area (Å²) in [5.41, 5.74) is 0. The summed E-state index contributed by atoms with van der Waals surface area (Å²) in [5.74, 6) is -0.183. The van der Waals surface area contributed by atoms with Crippen molar-refractivity contribution >= 4 is 15.4 Å². The summed E-state index contributed by atoms with van der Waals surface area (Å²) >= 11 is 0. The molecule has 0 aliphatic heterocycles. The summed E-state index contributed by atoms with van der Waals surface area (Å²) in [6, 6.07) is 0.169. The topological polar surface area (TPSA) is 38.3 Å². The predicted molar refractivity (Wildman–Crippen MR) is 38.9 cm³/mol. The number of esters is 1. The normalized spacial score (nSPS) is 12.8. The maximum atomic E-state index is 10.5. The number of carbonyl (C=O) groups excluding carboxylic acids is 1. The molecule has 0 aromatic carbocycles. The van der Waals surface area contributed by atoms with E-state index in [0.29, 0.717) is 6.42 Å². The number of nitrogens with one attached hydrogen (secondary N) is 1. The van der Waals surface area contributed by atoms with Crippen LogP contribution in [0.2, 0.25) is 0 Å². The Balaban J connectivity index is 3.34. The highest BCUT2D eigenvalue weighted by molar-refractivity contribution is 7.13. The van der Waals surface area contributed by atoms with Crippen molar-refractivity contribution in [2.75, 3.05) is 7.11 Å². The maximum absolute atomic E-state index is 10.5. The fraction of sp³-hybridized carbons (Fsp3) is 0.800. The van der Waals surface area contributed by atoms with Crippen LogP contribution in [0.1, 0.15) is 13.3 Å². The molecule has 0 aliphatic carbocycles. The van der Waals surface area contributed by atoms with Gasteiger partial charge in [0.1, 0.15) is 0 Å². The van der Waals surface area contributed by atoms with E-state index in [-0.39, 0.29) is 12.0 Å². The molecule has 0 fully saturated rings. The van der Waals surface area contributed by atoms with Gasteiger partial charge in [0.05, 0.1) is 13.5 Å². The van der Waals surface area contributed by atoms with E-state index in [1.165, 1.54) is 7.11 Å². The molecule has 0 saturated carbocycles. The Kier molecular flexibility index (Phi) is 4.64. The second-order valence-corrected chi connectivity index (χ2v) is 2.18. The molecule has 0 spiro atoms. The molecule has 9 heavy (non-hydrogen) atoms. The summed E-state index contributed by atoms with van der Waals surface area (Å²) in [6.07, 6.45) is 0.417. The van der Waals surface area contributed by atoms with Crippen LogP contribution in [0.5, 0.6) is 0 Å². The third-order valence-corrected chi connectivity index (χ3v) is 1.55. The van der Waals surface area contributed by atoms with Crippen molar-refractivity contribution in [3.63, 3.8) is 0 Å². The highest BCUT2D eigenvalue weighted by Gasteiger charge is 2.04. The minimum atomic E-state index is -0.183. The van der Waals surface area contributed by atoms with E-state index in [0.717, 1.165) is 0 Å². The Morgan fingerprint density at radius 3 is 2.78 bits per heavy atom. The van der Waals surface area contributed by atoms with Crippen LogP contribution < -0.4 is 5.09 Å². The lowest BCUT2D eigenvalue weighted by Crippen LogP contribution is -2.20. The highest BCUT2D eigenvalue weighted by atomic mass is 31.0. The predicted octanol–water partition coefficient (Wildman–Crippen LogP) is 0.318. The first-order valence-corrected chi connectivity index (χ1v) is 3.31. The van der Waals surface area contributed by atoms with Gasteiger partial charge in [-0.15, -0.1) is 0 Å². The Morgan fingerprint density at radius 2 is 2.44 bits per heavy atom. The maximum Gasteiger partial charge on any atom is 0.307 e. The number of hydrogen-bond donors (Lipinski definition) is 1. The molecule has 1 N–H and O–H groups in total. The lowest BCUT2D eigenvalue weighted by atomic mass is 10.3. The Labute approximate surface area is 57.4 Å². The van der Waals surface area contributed by atoms with Gasteiger partial charge in [0.25, 0.3) is 0 Å². The van der Waals surface area contributed by atoms with E-state index in [2.05, 4.69) is 19.2 Å². The molecular formula is C5H12NO2P. The number of methoxy groups -OCH3 is 1. The van der Waals surface area contributed by atoms with Gasteiger partial charge < -0.3 is 4.74 Å². The SMILES string of the molecule is COC(=O)CC(C)NP. The van der Waals surface area contributed by atoms with Crippen molar-refractivity contribution in [3.05, 3.63) is 0 Å². The first kappa shape index (κ1) is 8.86. The molecular weight excluding hydrogens is 137 g/mol. The molecule has 0 saturated heterocycles.